The van der Waals surface area contributed by atoms with E-state index >= 15 is 4.39 Å². The number of nitrogens with two attached hydrogens (primary N) is 1. The monoisotopic (exact) mass is 321 g/mol. The molecule has 0 spiro atoms. The fraction of sp³-hybridized carbons (Fsp3) is 0.789. The first-order chi connectivity index (χ1) is 10.7. The third-order valence-corrected chi connectivity index (χ3v) is 7.88. The number of halogens is 1. The van der Waals surface area contributed by atoms with Crippen molar-refractivity contribution in [3.8, 4) is 0 Å². The highest BCUT2D eigenvalue weighted by molar-refractivity contribution is 5.30. The lowest BCUT2D eigenvalue weighted by Gasteiger charge is -2.60. The van der Waals surface area contributed by atoms with Crippen LogP contribution in [-0.2, 0) is 0 Å². The maximum Gasteiger partial charge on any atom is 0.126 e. The number of allylic oxidation sites excluding steroid dienone is 3. The first-order valence-corrected chi connectivity index (χ1v) is 8.91. The zero-order valence-electron chi connectivity index (χ0n) is 14.0. The molecule has 4 N–H and O–H groups in total. The molecule has 2 saturated carbocycles. The second kappa shape index (κ2) is 4.68. The van der Waals surface area contributed by atoms with Crippen LogP contribution in [0, 0.1) is 28.6 Å². The fourth-order valence-corrected chi connectivity index (χ4v) is 6.12. The Kier molecular flexibility index (Phi) is 3.21. The first-order valence-electron chi connectivity index (χ1n) is 8.91. The summed E-state index contributed by atoms with van der Waals surface area (Å²) in [5, 5.41) is 20.2. The van der Waals surface area contributed by atoms with Gasteiger partial charge in [-0.2, -0.15) is 0 Å². The molecule has 4 rings (SSSR count). The standard InChI is InChI=1S/C19H28FNO2/c1-17-7-8-19(20)13(14(17)10-15(23)16(17)21)4-3-11-9-12(22)5-6-18(11,19)2/h3-6,11-16,22-23H,7-10,21H2,1-2H3/t11?,12?,13-,14-,15?,16?,17-,18-,19-/m0/s1. The number of alkyl halides is 1. The minimum atomic E-state index is -1.32. The molecular weight excluding hydrogens is 293 g/mol. The van der Waals surface area contributed by atoms with Crippen LogP contribution in [0.3, 0.4) is 0 Å². The summed E-state index contributed by atoms with van der Waals surface area (Å²) in [5.41, 5.74) is 4.18. The van der Waals surface area contributed by atoms with Gasteiger partial charge in [0.25, 0.3) is 0 Å². The molecule has 4 unspecified atom stereocenters. The Balaban J connectivity index is 1.78. The van der Waals surface area contributed by atoms with E-state index in [1.54, 1.807) is 6.08 Å². The van der Waals surface area contributed by atoms with E-state index in [-0.39, 0.29) is 29.2 Å². The van der Waals surface area contributed by atoms with Gasteiger partial charge in [0.1, 0.15) is 5.67 Å². The molecule has 0 bridgehead atoms. The van der Waals surface area contributed by atoms with E-state index in [0.717, 1.165) is 6.42 Å². The van der Waals surface area contributed by atoms with Crippen molar-refractivity contribution in [2.45, 2.75) is 63.4 Å². The first kappa shape index (κ1) is 15.8. The van der Waals surface area contributed by atoms with Gasteiger partial charge < -0.3 is 15.9 Å². The summed E-state index contributed by atoms with van der Waals surface area (Å²) in [4.78, 5) is 0. The quantitative estimate of drug-likeness (QED) is 0.600. The van der Waals surface area contributed by atoms with E-state index in [9.17, 15) is 10.2 Å². The summed E-state index contributed by atoms with van der Waals surface area (Å²) in [6.07, 6.45) is 9.18. The van der Waals surface area contributed by atoms with E-state index in [1.807, 2.05) is 19.1 Å². The smallest absolute Gasteiger partial charge is 0.126 e. The Labute approximate surface area is 137 Å². The normalized spacial score (nSPS) is 61.0. The van der Waals surface area contributed by atoms with Gasteiger partial charge in [0.15, 0.2) is 0 Å². The van der Waals surface area contributed by atoms with Crippen molar-refractivity contribution >= 4 is 0 Å². The van der Waals surface area contributed by atoms with Crippen LogP contribution < -0.4 is 5.73 Å². The predicted molar refractivity (Wildman–Crippen MR) is 87.3 cm³/mol. The Morgan fingerprint density at radius 1 is 1.09 bits per heavy atom. The van der Waals surface area contributed by atoms with Gasteiger partial charge in [-0.15, -0.1) is 0 Å². The highest BCUT2D eigenvalue weighted by atomic mass is 19.1. The number of aliphatic hydroxyl groups is 2. The van der Waals surface area contributed by atoms with Crippen LogP contribution in [0.25, 0.3) is 0 Å². The lowest BCUT2D eigenvalue weighted by molar-refractivity contribution is -0.122. The molecule has 0 saturated heterocycles. The van der Waals surface area contributed by atoms with Crippen LogP contribution in [0.15, 0.2) is 24.3 Å². The molecule has 3 nitrogen and oxygen atoms in total. The molecule has 23 heavy (non-hydrogen) atoms. The van der Waals surface area contributed by atoms with Gasteiger partial charge >= 0.3 is 0 Å². The molecule has 128 valence electrons. The van der Waals surface area contributed by atoms with E-state index in [2.05, 4.69) is 13.0 Å². The molecule has 0 heterocycles. The predicted octanol–water partition coefficient (Wildman–Crippen LogP) is 2.33. The van der Waals surface area contributed by atoms with Crippen molar-refractivity contribution in [2.75, 3.05) is 0 Å². The van der Waals surface area contributed by atoms with Crippen molar-refractivity contribution < 1.29 is 14.6 Å². The Bertz CT molecular complexity index is 578. The molecule has 4 heteroatoms. The largest absolute Gasteiger partial charge is 0.391 e. The highest BCUT2D eigenvalue weighted by Crippen LogP contribution is 2.66. The van der Waals surface area contributed by atoms with Gasteiger partial charge in [-0.25, -0.2) is 4.39 Å². The minimum absolute atomic E-state index is 0.0353. The number of fused-ring (bicyclic) bond motifs is 5. The Morgan fingerprint density at radius 2 is 1.83 bits per heavy atom. The topological polar surface area (TPSA) is 66.5 Å². The summed E-state index contributed by atoms with van der Waals surface area (Å²) < 4.78 is 16.4. The number of hydrogen-bond donors (Lipinski definition) is 3. The van der Waals surface area contributed by atoms with Gasteiger partial charge in [-0.1, -0.05) is 38.2 Å². The summed E-state index contributed by atoms with van der Waals surface area (Å²) >= 11 is 0. The van der Waals surface area contributed by atoms with Crippen LogP contribution in [0.5, 0.6) is 0 Å². The SMILES string of the molecule is C[C@]12C=CC(O)CC1C=C[C@H]1[C@@H]3CC(O)C(N)[C@@]3(C)CC[C@]12F. The highest BCUT2D eigenvalue weighted by Gasteiger charge is 2.67. The zero-order chi connectivity index (χ0) is 16.6. The summed E-state index contributed by atoms with van der Waals surface area (Å²) in [7, 11) is 0. The Morgan fingerprint density at radius 3 is 2.57 bits per heavy atom. The summed E-state index contributed by atoms with van der Waals surface area (Å²) in [6.45, 7) is 4.13. The molecular formula is C19H28FNO2. The van der Waals surface area contributed by atoms with Gasteiger partial charge in [0, 0.05) is 17.4 Å². The maximum absolute atomic E-state index is 16.4. The van der Waals surface area contributed by atoms with E-state index in [1.165, 1.54) is 0 Å². The van der Waals surface area contributed by atoms with Crippen molar-refractivity contribution in [2.24, 2.45) is 34.3 Å². The molecule has 0 aromatic rings. The number of rotatable bonds is 0. The van der Waals surface area contributed by atoms with Crippen LogP contribution in [0.4, 0.5) is 4.39 Å². The molecule has 9 atom stereocenters. The molecule has 0 amide bonds. The van der Waals surface area contributed by atoms with Gasteiger partial charge in [0.2, 0.25) is 0 Å². The third kappa shape index (κ3) is 1.80. The molecule has 0 aliphatic heterocycles. The van der Waals surface area contributed by atoms with Crippen LogP contribution >= 0.6 is 0 Å². The van der Waals surface area contributed by atoms with E-state index in [4.69, 9.17) is 5.73 Å². The average Bonchev–Trinajstić information content (AvgIpc) is 2.73. The van der Waals surface area contributed by atoms with E-state index in [0.29, 0.717) is 19.3 Å². The average molecular weight is 321 g/mol. The molecule has 0 aromatic carbocycles. The Hall–Kier alpha value is -0.710. The molecule has 4 aliphatic rings. The zero-order valence-corrected chi connectivity index (χ0v) is 14.0. The van der Waals surface area contributed by atoms with Crippen molar-refractivity contribution in [1.82, 2.24) is 0 Å². The molecule has 0 aromatic heterocycles. The van der Waals surface area contributed by atoms with Crippen molar-refractivity contribution in [1.29, 1.82) is 0 Å². The van der Waals surface area contributed by atoms with Gasteiger partial charge in [-0.3, -0.25) is 0 Å². The van der Waals surface area contributed by atoms with Crippen LogP contribution in [-0.4, -0.2) is 34.1 Å². The van der Waals surface area contributed by atoms with E-state index < -0.39 is 23.3 Å². The summed E-state index contributed by atoms with van der Waals surface area (Å²) in [5.74, 6) is -0.0841. The van der Waals surface area contributed by atoms with Gasteiger partial charge in [-0.05, 0) is 42.9 Å². The van der Waals surface area contributed by atoms with Gasteiger partial charge in [0.05, 0.1) is 12.2 Å². The van der Waals surface area contributed by atoms with Crippen molar-refractivity contribution in [3.05, 3.63) is 24.3 Å². The number of hydrogen-bond acceptors (Lipinski definition) is 3. The lowest BCUT2D eigenvalue weighted by Crippen LogP contribution is -2.61. The molecule has 0 radical (unpaired) electrons. The molecule has 4 aliphatic carbocycles. The maximum atomic E-state index is 16.4. The fourth-order valence-electron chi connectivity index (χ4n) is 6.12. The van der Waals surface area contributed by atoms with Crippen LogP contribution in [0.1, 0.15) is 39.5 Å². The second-order valence-corrected chi connectivity index (χ2v) is 8.77. The molecule has 2 fully saturated rings. The lowest BCUT2D eigenvalue weighted by atomic mass is 9.46. The second-order valence-electron chi connectivity index (χ2n) is 8.77. The van der Waals surface area contributed by atoms with Crippen LogP contribution in [0.2, 0.25) is 0 Å². The van der Waals surface area contributed by atoms with Crippen molar-refractivity contribution in [3.63, 3.8) is 0 Å². The summed E-state index contributed by atoms with van der Waals surface area (Å²) in [6, 6.07) is -0.264. The number of aliphatic hydroxyl groups excluding tert-OH is 2. The third-order valence-electron chi connectivity index (χ3n) is 7.88. The minimum Gasteiger partial charge on any atom is -0.391 e.